The van der Waals surface area contributed by atoms with Crippen LogP contribution in [0.3, 0.4) is 0 Å². The lowest BCUT2D eigenvalue weighted by molar-refractivity contribution is -0.356. The van der Waals surface area contributed by atoms with Crippen LogP contribution >= 0.6 is 15.9 Å². The molecule has 214 valence electrons. The van der Waals surface area contributed by atoms with Gasteiger partial charge in [-0.3, -0.25) is 9.59 Å². The molecule has 0 radical (unpaired) electrons. The molecule has 1 unspecified atom stereocenters. The van der Waals surface area contributed by atoms with E-state index in [9.17, 15) is 9.59 Å². The van der Waals surface area contributed by atoms with Crippen LogP contribution in [0, 0.1) is 12.8 Å². The van der Waals surface area contributed by atoms with Crippen LogP contribution in [0.2, 0.25) is 0 Å². The molecule has 0 bridgehead atoms. The van der Waals surface area contributed by atoms with Crippen molar-refractivity contribution in [3.8, 4) is 0 Å². The largest absolute Gasteiger partial charge is 0.458 e. The first-order valence-corrected chi connectivity index (χ1v) is 14.2. The van der Waals surface area contributed by atoms with Crippen LogP contribution < -0.4 is 0 Å². The summed E-state index contributed by atoms with van der Waals surface area (Å²) in [5, 5.41) is 0. The lowest BCUT2D eigenvalue weighted by Crippen LogP contribution is -2.63. The van der Waals surface area contributed by atoms with E-state index in [-0.39, 0.29) is 24.0 Å². The third kappa shape index (κ3) is 6.40. The SMILES string of the molecule is CC[C@H]1O[C@@](OC)(c2cc(C(OC)c3ccc(Br)cc3)c(C(C)C)cc2C)[C@H](OC(C)=O)[C@@H](OC(C)=O)[C@@H]1C. The van der Waals surface area contributed by atoms with Crippen molar-refractivity contribution >= 4 is 27.9 Å². The van der Waals surface area contributed by atoms with Gasteiger partial charge in [0.05, 0.1) is 6.10 Å². The van der Waals surface area contributed by atoms with E-state index in [1.54, 1.807) is 7.11 Å². The molecule has 7 nitrogen and oxygen atoms in total. The molecule has 2 aromatic carbocycles. The van der Waals surface area contributed by atoms with E-state index in [1.165, 1.54) is 21.0 Å². The summed E-state index contributed by atoms with van der Waals surface area (Å²) >= 11 is 3.51. The number of carbonyl (C=O) groups is 2. The topological polar surface area (TPSA) is 80.3 Å². The summed E-state index contributed by atoms with van der Waals surface area (Å²) < 4.78 is 31.7. The van der Waals surface area contributed by atoms with E-state index in [0.29, 0.717) is 12.0 Å². The number of aryl methyl sites for hydroxylation is 1. The van der Waals surface area contributed by atoms with E-state index in [1.807, 2.05) is 51.1 Å². The van der Waals surface area contributed by atoms with Gasteiger partial charge in [0.2, 0.25) is 5.79 Å². The molecule has 1 aliphatic rings. The molecule has 8 heteroatoms. The molecule has 39 heavy (non-hydrogen) atoms. The maximum atomic E-state index is 12.4. The maximum Gasteiger partial charge on any atom is 0.303 e. The number of ether oxygens (including phenoxy) is 5. The minimum atomic E-state index is -1.52. The molecule has 1 fully saturated rings. The van der Waals surface area contributed by atoms with Crippen molar-refractivity contribution in [2.24, 2.45) is 5.92 Å². The molecule has 0 spiro atoms. The minimum absolute atomic E-state index is 0.202. The number of hydrogen-bond donors (Lipinski definition) is 0. The average molecular weight is 606 g/mol. The van der Waals surface area contributed by atoms with Crippen LogP contribution in [-0.2, 0) is 39.1 Å². The quantitative estimate of drug-likeness (QED) is 0.294. The third-order valence-electron chi connectivity index (χ3n) is 7.52. The Bertz CT molecular complexity index is 1160. The van der Waals surface area contributed by atoms with Crippen molar-refractivity contribution in [2.75, 3.05) is 14.2 Å². The Morgan fingerprint density at radius 2 is 1.64 bits per heavy atom. The van der Waals surface area contributed by atoms with E-state index in [4.69, 9.17) is 23.7 Å². The standard InChI is InChI=1S/C31H41BrO7/c1-10-27-19(5)28(37-20(6)33)30(38-21(7)34)31(36-9,39-27)26-16-25(24(17(2)3)15-18(26)4)29(35-8)22-11-13-23(32)14-12-22/h11-17,19,27-30H,10H2,1-9H3/t19-,27-,28+,29?,30-,31+/m1/s1. The molecule has 1 saturated heterocycles. The number of methoxy groups -OCH3 is 2. The second kappa shape index (κ2) is 12.9. The first kappa shape index (κ1) is 31.3. The molecule has 0 aliphatic carbocycles. The number of esters is 2. The van der Waals surface area contributed by atoms with Gasteiger partial charge in [0.15, 0.2) is 6.10 Å². The highest BCUT2D eigenvalue weighted by atomic mass is 79.9. The lowest BCUT2D eigenvalue weighted by atomic mass is 9.79. The molecular formula is C31H41BrO7. The highest BCUT2D eigenvalue weighted by Gasteiger charge is 2.59. The average Bonchev–Trinajstić information content (AvgIpc) is 2.88. The molecule has 1 aliphatic heterocycles. The summed E-state index contributed by atoms with van der Waals surface area (Å²) in [6.45, 7) is 12.9. The van der Waals surface area contributed by atoms with Gasteiger partial charge < -0.3 is 23.7 Å². The molecular weight excluding hydrogens is 564 g/mol. The molecule has 0 amide bonds. The van der Waals surface area contributed by atoms with Crippen molar-refractivity contribution in [2.45, 2.75) is 91.0 Å². The highest BCUT2D eigenvalue weighted by molar-refractivity contribution is 9.10. The smallest absolute Gasteiger partial charge is 0.303 e. The fourth-order valence-electron chi connectivity index (χ4n) is 5.66. The minimum Gasteiger partial charge on any atom is -0.458 e. The molecule has 0 N–H and O–H groups in total. The van der Waals surface area contributed by atoms with Crippen molar-refractivity contribution in [3.05, 3.63) is 68.7 Å². The van der Waals surface area contributed by atoms with Crippen LogP contribution in [-0.4, -0.2) is 44.5 Å². The molecule has 0 saturated carbocycles. The molecule has 3 rings (SSSR count). The van der Waals surface area contributed by atoms with Crippen molar-refractivity contribution in [3.63, 3.8) is 0 Å². The van der Waals surface area contributed by atoms with E-state index < -0.39 is 29.9 Å². The lowest BCUT2D eigenvalue weighted by Gasteiger charge is -2.51. The Hall–Kier alpha value is -2.26. The predicted molar refractivity (Wildman–Crippen MR) is 152 cm³/mol. The molecule has 6 atom stereocenters. The van der Waals surface area contributed by atoms with Crippen LogP contribution in [0.4, 0.5) is 0 Å². The van der Waals surface area contributed by atoms with Gasteiger partial charge in [-0.1, -0.05) is 61.8 Å². The highest BCUT2D eigenvalue weighted by Crippen LogP contribution is 2.47. The van der Waals surface area contributed by atoms with Crippen LogP contribution in [0.5, 0.6) is 0 Å². The van der Waals surface area contributed by atoms with Gasteiger partial charge in [0.25, 0.3) is 0 Å². The molecule has 0 aromatic heterocycles. The fourth-order valence-corrected chi connectivity index (χ4v) is 5.93. The van der Waals surface area contributed by atoms with Crippen LogP contribution in [0.25, 0.3) is 0 Å². The van der Waals surface area contributed by atoms with E-state index >= 15 is 0 Å². The Balaban J connectivity index is 2.33. The zero-order valence-corrected chi connectivity index (χ0v) is 26.0. The fraction of sp³-hybridized carbons (Fsp3) is 0.548. The first-order chi connectivity index (χ1) is 18.4. The summed E-state index contributed by atoms with van der Waals surface area (Å²) in [7, 11) is 3.22. The number of rotatable bonds is 9. The van der Waals surface area contributed by atoms with E-state index in [0.717, 1.165) is 26.7 Å². The normalized spacial score (nSPS) is 25.8. The van der Waals surface area contributed by atoms with Gasteiger partial charge in [-0.05, 0) is 59.7 Å². The predicted octanol–water partition coefficient (Wildman–Crippen LogP) is 6.72. The van der Waals surface area contributed by atoms with Gasteiger partial charge >= 0.3 is 11.9 Å². The monoisotopic (exact) mass is 604 g/mol. The number of carbonyl (C=O) groups excluding carboxylic acids is 2. The summed E-state index contributed by atoms with van der Waals surface area (Å²) in [5.74, 6) is -2.55. The summed E-state index contributed by atoms with van der Waals surface area (Å²) in [4.78, 5) is 24.6. The second-order valence-corrected chi connectivity index (χ2v) is 11.4. The van der Waals surface area contributed by atoms with Crippen molar-refractivity contribution in [1.29, 1.82) is 0 Å². The number of hydrogen-bond acceptors (Lipinski definition) is 7. The Morgan fingerprint density at radius 1 is 1.03 bits per heavy atom. The molecule has 1 heterocycles. The summed E-state index contributed by atoms with van der Waals surface area (Å²) in [6, 6.07) is 12.2. The van der Waals surface area contributed by atoms with Crippen LogP contribution in [0.1, 0.15) is 87.8 Å². The second-order valence-electron chi connectivity index (χ2n) is 10.5. The summed E-state index contributed by atoms with van der Waals surface area (Å²) in [5.41, 5.74) is 4.65. The zero-order valence-electron chi connectivity index (χ0n) is 24.4. The first-order valence-electron chi connectivity index (χ1n) is 13.4. The van der Waals surface area contributed by atoms with Gasteiger partial charge in [-0.2, -0.15) is 0 Å². The van der Waals surface area contributed by atoms with Crippen molar-refractivity contribution in [1.82, 2.24) is 0 Å². The van der Waals surface area contributed by atoms with Crippen molar-refractivity contribution < 1.29 is 33.3 Å². The number of halogens is 1. The van der Waals surface area contributed by atoms with E-state index in [2.05, 4.69) is 35.8 Å². The van der Waals surface area contributed by atoms with Gasteiger partial charge in [-0.15, -0.1) is 0 Å². The Labute approximate surface area is 240 Å². The van der Waals surface area contributed by atoms with Crippen LogP contribution in [0.15, 0.2) is 40.9 Å². The summed E-state index contributed by atoms with van der Waals surface area (Å²) in [6.07, 6.45) is -1.86. The zero-order chi connectivity index (χ0) is 29.1. The van der Waals surface area contributed by atoms with Gasteiger partial charge in [-0.25, -0.2) is 0 Å². The Morgan fingerprint density at radius 3 is 2.13 bits per heavy atom. The maximum absolute atomic E-state index is 12.4. The molecule has 2 aromatic rings. The number of benzene rings is 2. The Kier molecular flexibility index (Phi) is 10.4. The third-order valence-corrected chi connectivity index (χ3v) is 8.05. The van der Waals surface area contributed by atoms with Gasteiger partial charge in [0.1, 0.15) is 12.2 Å². The van der Waals surface area contributed by atoms with Gasteiger partial charge in [0, 0.05) is 44.0 Å².